The number of hydrogen-bond donors (Lipinski definition) is 1. The van der Waals surface area contributed by atoms with Crippen LogP contribution in [0.5, 0.6) is 0 Å². The van der Waals surface area contributed by atoms with Gasteiger partial charge in [-0.1, -0.05) is 18.2 Å². The summed E-state index contributed by atoms with van der Waals surface area (Å²) in [5, 5.41) is 0. The van der Waals surface area contributed by atoms with Crippen LogP contribution in [0.25, 0.3) is 11.1 Å². The Morgan fingerprint density at radius 1 is 1.17 bits per heavy atom. The van der Waals surface area contributed by atoms with Gasteiger partial charge in [-0.25, -0.2) is 26.3 Å². The van der Waals surface area contributed by atoms with E-state index in [4.69, 9.17) is 4.74 Å². The predicted molar refractivity (Wildman–Crippen MR) is 123 cm³/mol. The molecule has 1 spiro atoms. The van der Waals surface area contributed by atoms with Gasteiger partial charge in [0.2, 0.25) is 10.0 Å². The Balaban J connectivity index is 1.55. The zero-order valence-corrected chi connectivity index (χ0v) is 20.1. The maximum atomic E-state index is 15.7. The van der Waals surface area contributed by atoms with Crippen LogP contribution in [0, 0.1) is 22.9 Å². The summed E-state index contributed by atoms with van der Waals surface area (Å²) >= 11 is 0. The minimum Gasteiger partial charge on any atom is -0.368 e. The summed E-state index contributed by atoms with van der Waals surface area (Å²) in [5.74, 6) is -2.63. The molecule has 0 aromatic heterocycles. The van der Waals surface area contributed by atoms with E-state index < -0.39 is 51.1 Å². The first-order chi connectivity index (χ1) is 16.6. The second kappa shape index (κ2) is 8.90. The molecule has 3 atom stereocenters. The van der Waals surface area contributed by atoms with Gasteiger partial charge < -0.3 is 9.64 Å². The summed E-state index contributed by atoms with van der Waals surface area (Å²) in [6.45, 7) is 2.31. The van der Waals surface area contributed by atoms with Crippen molar-refractivity contribution in [2.75, 3.05) is 18.9 Å². The zero-order chi connectivity index (χ0) is 25.0. The average Bonchev–Trinajstić information content (AvgIpc) is 3.50. The van der Waals surface area contributed by atoms with Gasteiger partial charge >= 0.3 is 0 Å². The molecule has 0 radical (unpaired) electrons. The first-order valence-corrected chi connectivity index (χ1v) is 13.4. The van der Waals surface area contributed by atoms with Crippen LogP contribution in [0.15, 0.2) is 36.4 Å². The van der Waals surface area contributed by atoms with Gasteiger partial charge in [0, 0.05) is 35.5 Å². The molecule has 2 aliphatic heterocycles. The molecule has 5 rings (SSSR count). The predicted octanol–water partition coefficient (Wildman–Crippen LogP) is 3.40. The van der Waals surface area contributed by atoms with E-state index in [2.05, 4.69) is 4.72 Å². The van der Waals surface area contributed by atoms with Gasteiger partial charge in [0.05, 0.1) is 18.4 Å². The molecule has 3 aliphatic rings. The molecule has 1 amide bonds. The molecule has 35 heavy (non-hydrogen) atoms. The maximum Gasteiger partial charge on any atom is 0.252 e. The van der Waals surface area contributed by atoms with E-state index in [1.807, 2.05) is 0 Å². The van der Waals surface area contributed by atoms with Gasteiger partial charge in [0.15, 0.2) is 0 Å². The number of hydrogen-bond acceptors (Lipinski definition) is 4. The van der Waals surface area contributed by atoms with E-state index in [1.165, 1.54) is 31.2 Å². The van der Waals surface area contributed by atoms with Crippen molar-refractivity contribution in [3.8, 4) is 11.1 Å². The standard InChI is InChI=1S/C25H27F3N2O4S/c1-2-35(32,33)29-23-20(30(14-25(23)8-9-25)24(31)21-7-10-34-21)12-15-11-16(26)13-18(22(15)28)17-5-3-4-6-19(17)27/h3-6,11,13,20-21,23,29H,2,7-10,12,14H2,1H3/t20-,21+,23+/m0/s1. The minimum atomic E-state index is -3.63. The lowest BCUT2D eigenvalue weighted by Crippen LogP contribution is -2.53. The van der Waals surface area contributed by atoms with E-state index in [-0.39, 0.29) is 34.8 Å². The molecule has 1 N–H and O–H groups in total. The monoisotopic (exact) mass is 508 g/mol. The molecule has 1 aliphatic carbocycles. The van der Waals surface area contributed by atoms with E-state index in [9.17, 15) is 22.0 Å². The summed E-state index contributed by atoms with van der Waals surface area (Å²) in [4.78, 5) is 14.8. The highest BCUT2D eigenvalue weighted by molar-refractivity contribution is 7.89. The van der Waals surface area contributed by atoms with Crippen molar-refractivity contribution >= 4 is 15.9 Å². The quantitative estimate of drug-likeness (QED) is 0.622. The van der Waals surface area contributed by atoms with Gasteiger partial charge in [-0.3, -0.25) is 4.79 Å². The molecule has 2 heterocycles. The zero-order valence-electron chi connectivity index (χ0n) is 19.3. The minimum absolute atomic E-state index is 0.0426. The Morgan fingerprint density at radius 3 is 2.49 bits per heavy atom. The van der Waals surface area contributed by atoms with Crippen LogP contribution in [0.4, 0.5) is 13.2 Å². The molecular weight excluding hydrogens is 481 g/mol. The summed E-state index contributed by atoms with van der Waals surface area (Å²) in [7, 11) is -3.63. The molecule has 188 valence electrons. The van der Waals surface area contributed by atoms with Crippen LogP contribution in [0.1, 0.15) is 31.7 Å². The number of ether oxygens (including phenoxy) is 1. The largest absolute Gasteiger partial charge is 0.368 e. The van der Waals surface area contributed by atoms with Crippen molar-refractivity contribution in [3.63, 3.8) is 0 Å². The number of carbonyl (C=O) groups excluding carboxylic acids is 1. The maximum absolute atomic E-state index is 15.7. The first-order valence-electron chi connectivity index (χ1n) is 11.8. The second-order valence-corrected chi connectivity index (χ2v) is 11.7. The fraction of sp³-hybridized carbons (Fsp3) is 0.480. The van der Waals surface area contributed by atoms with E-state index >= 15 is 4.39 Å². The normalized spacial score (nSPS) is 25.0. The third kappa shape index (κ3) is 4.47. The third-order valence-electron chi connectivity index (χ3n) is 7.47. The van der Waals surface area contributed by atoms with Crippen LogP contribution in [0.3, 0.4) is 0 Å². The van der Waals surface area contributed by atoms with Crippen LogP contribution in [0.2, 0.25) is 0 Å². The number of benzene rings is 2. The van der Waals surface area contributed by atoms with Crippen molar-refractivity contribution < 1.29 is 31.1 Å². The molecule has 0 bridgehead atoms. The van der Waals surface area contributed by atoms with Gasteiger partial charge in [-0.05, 0) is 49.9 Å². The fourth-order valence-electron chi connectivity index (χ4n) is 5.23. The lowest BCUT2D eigenvalue weighted by molar-refractivity contribution is -0.157. The highest BCUT2D eigenvalue weighted by Crippen LogP contribution is 2.56. The topological polar surface area (TPSA) is 75.7 Å². The summed E-state index contributed by atoms with van der Waals surface area (Å²) in [5.41, 5.74) is -0.776. The molecule has 3 fully saturated rings. The lowest BCUT2D eigenvalue weighted by atomic mass is 9.91. The molecule has 2 aromatic rings. The molecule has 2 saturated heterocycles. The molecule has 10 heteroatoms. The smallest absolute Gasteiger partial charge is 0.252 e. The lowest BCUT2D eigenvalue weighted by Gasteiger charge is -2.34. The Morgan fingerprint density at radius 2 is 1.89 bits per heavy atom. The van der Waals surface area contributed by atoms with Crippen LogP contribution < -0.4 is 4.72 Å². The number of nitrogens with one attached hydrogen (secondary N) is 1. The number of rotatable bonds is 7. The van der Waals surface area contributed by atoms with Gasteiger partial charge in [-0.2, -0.15) is 0 Å². The van der Waals surface area contributed by atoms with Crippen molar-refractivity contribution in [3.05, 3.63) is 59.4 Å². The molecular formula is C25H27F3N2O4S. The van der Waals surface area contributed by atoms with Gasteiger partial charge in [-0.15, -0.1) is 0 Å². The van der Waals surface area contributed by atoms with Crippen LogP contribution in [-0.4, -0.2) is 56.3 Å². The SMILES string of the molecule is CCS(=O)(=O)N[C@@H]1[C@H](Cc2cc(F)cc(-c3ccccc3F)c2F)N(C(=O)[C@H]2CCO2)CC12CC2. The Kier molecular flexibility index (Phi) is 6.17. The fourth-order valence-corrected chi connectivity index (χ4v) is 6.19. The summed E-state index contributed by atoms with van der Waals surface area (Å²) in [6.07, 6.45) is 1.28. The number of amides is 1. The summed E-state index contributed by atoms with van der Waals surface area (Å²) < 4.78 is 77.9. The van der Waals surface area contributed by atoms with E-state index in [0.29, 0.717) is 19.6 Å². The van der Waals surface area contributed by atoms with Crippen molar-refractivity contribution in [2.24, 2.45) is 5.41 Å². The molecule has 1 saturated carbocycles. The number of halogens is 3. The molecule has 6 nitrogen and oxygen atoms in total. The summed E-state index contributed by atoms with van der Waals surface area (Å²) in [6, 6.07) is 6.12. The Labute approximate surface area is 202 Å². The Bertz CT molecular complexity index is 1260. The number of likely N-dealkylation sites (tertiary alicyclic amines) is 1. The highest BCUT2D eigenvalue weighted by atomic mass is 32.2. The molecule has 2 aromatic carbocycles. The van der Waals surface area contributed by atoms with Gasteiger partial charge in [0.1, 0.15) is 23.6 Å². The first kappa shape index (κ1) is 24.3. The van der Waals surface area contributed by atoms with Crippen LogP contribution in [-0.2, 0) is 26.0 Å². The average molecular weight is 509 g/mol. The second-order valence-electron chi connectivity index (χ2n) is 9.65. The van der Waals surface area contributed by atoms with Crippen molar-refractivity contribution in [2.45, 2.75) is 50.8 Å². The van der Waals surface area contributed by atoms with E-state index in [1.54, 1.807) is 4.90 Å². The Hall–Kier alpha value is -2.43. The van der Waals surface area contributed by atoms with Crippen LogP contribution >= 0.6 is 0 Å². The third-order valence-corrected chi connectivity index (χ3v) is 8.85. The number of sulfonamides is 1. The highest BCUT2D eigenvalue weighted by Gasteiger charge is 2.62. The number of carbonyl (C=O) groups is 1. The van der Waals surface area contributed by atoms with Crippen molar-refractivity contribution in [1.29, 1.82) is 0 Å². The van der Waals surface area contributed by atoms with Crippen molar-refractivity contribution in [1.82, 2.24) is 9.62 Å². The number of nitrogens with zero attached hydrogens (tertiary/aromatic N) is 1. The van der Waals surface area contributed by atoms with Gasteiger partial charge in [0.25, 0.3) is 5.91 Å². The molecule has 0 unspecified atom stereocenters. The van der Waals surface area contributed by atoms with E-state index in [0.717, 1.165) is 25.0 Å².